The molecule has 1 heterocycles. The molecule has 3 unspecified atom stereocenters. The smallest absolute Gasteiger partial charge is 0.326 e. The molecule has 1 aliphatic heterocycles. The summed E-state index contributed by atoms with van der Waals surface area (Å²) in [4.78, 5) is 40.8. The van der Waals surface area contributed by atoms with Crippen LogP contribution in [0, 0.1) is 6.92 Å². The maximum Gasteiger partial charge on any atom is 0.416 e. The fourth-order valence-electron chi connectivity index (χ4n) is 5.69. The van der Waals surface area contributed by atoms with Gasteiger partial charge in [0.25, 0.3) is 5.91 Å². The van der Waals surface area contributed by atoms with E-state index in [-0.39, 0.29) is 12.3 Å². The van der Waals surface area contributed by atoms with Crippen molar-refractivity contribution in [3.8, 4) is 0 Å². The summed E-state index contributed by atoms with van der Waals surface area (Å²) in [5.74, 6) is -1.23. The Morgan fingerprint density at radius 3 is 2.09 bits per heavy atom. The SMILES string of the molecule is CC(=O)N(N1C(=O)C(NC(=O)Nc2cccc(C)c2)CC(c2ccccc2)CC1c1ccc(C(F)(F)F)cc1)C(C)(C)C. The minimum Gasteiger partial charge on any atom is -0.326 e. The van der Waals surface area contributed by atoms with Crippen LogP contribution in [0.15, 0.2) is 78.9 Å². The number of urea groups is 1. The van der Waals surface area contributed by atoms with Crippen molar-refractivity contribution in [2.45, 2.75) is 77.2 Å². The normalized spacial score (nSPS) is 19.4. The number of amides is 4. The number of nitrogens with one attached hydrogen (secondary N) is 2. The highest BCUT2D eigenvalue weighted by Crippen LogP contribution is 2.42. The number of hydrazine groups is 1. The van der Waals surface area contributed by atoms with Crippen LogP contribution >= 0.6 is 0 Å². The van der Waals surface area contributed by atoms with Crippen molar-refractivity contribution in [2.75, 3.05) is 5.32 Å². The maximum absolute atomic E-state index is 14.5. The zero-order valence-electron chi connectivity index (χ0n) is 24.9. The highest BCUT2D eigenvalue weighted by Gasteiger charge is 2.45. The van der Waals surface area contributed by atoms with E-state index in [0.717, 1.165) is 23.3 Å². The van der Waals surface area contributed by atoms with Gasteiger partial charge in [0.05, 0.1) is 17.1 Å². The number of carbonyl (C=O) groups excluding carboxylic acids is 3. The molecule has 1 fully saturated rings. The van der Waals surface area contributed by atoms with Crippen molar-refractivity contribution in [2.24, 2.45) is 0 Å². The number of benzene rings is 3. The van der Waals surface area contributed by atoms with Gasteiger partial charge in [-0.3, -0.25) is 9.59 Å². The summed E-state index contributed by atoms with van der Waals surface area (Å²) in [6, 6.07) is 18.9. The van der Waals surface area contributed by atoms with Crippen LogP contribution in [0.5, 0.6) is 0 Å². The highest BCUT2D eigenvalue weighted by molar-refractivity contribution is 5.94. The van der Waals surface area contributed by atoms with Gasteiger partial charge in [0.1, 0.15) is 6.04 Å². The molecule has 4 rings (SSSR count). The largest absolute Gasteiger partial charge is 0.416 e. The lowest BCUT2D eigenvalue weighted by atomic mass is 9.86. The number of alkyl halides is 3. The van der Waals surface area contributed by atoms with E-state index in [2.05, 4.69) is 10.6 Å². The summed E-state index contributed by atoms with van der Waals surface area (Å²) in [5, 5.41) is 8.29. The first-order valence-corrected chi connectivity index (χ1v) is 14.1. The molecule has 7 nitrogen and oxygen atoms in total. The Hall–Kier alpha value is -4.34. The molecule has 0 aromatic heterocycles. The maximum atomic E-state index is 14.5. The van der Waals surface area contributed by atoms with Crippen molar-refractivity contribution < 1.29 is 27.6 Å². The number of aryl methyl sites for hydroxylation is 1. The number of carbonyl (C=O) groups is 3. The molecule has 3 aromatic carbocycles. The molecule has 43 heavy (non-hydrogen) atoms. The number of nitrogens with zero attached hydrogens (tertiary/aromatic N) is 2. The molecule has 1 saturated heterocycles. The molecule has 2 N–H and O–H groups in total. The number of rotatable bonds is 5. The lowest BCUT2D eigenvalue weighted by molar-refractivity contribution is -0.181. The van der Waals surface area contributed by atoms with Crippen LogP contribution in [-0.4, -0.2) is 39.4 Å². The molecule has 228 valence electrons. The first-order valence-electron chi connectivity index (χ1n) is 14.1. The van der Waals surface area contributed by atoms with Crippen LogP contribution in [0.4, 0.5) is 23.7 Å². The molecule has 0 spiro atoms. The van der Waals surface area contributed by atoms with Crippen molar-refractivity contribution in [1.82, 2.24) is 15.3 Å². The molecular formula is C33H37F3N4O3. The van der Waals surface area contributed by atoms with Gasteiger partial charge in [-0.1, -0.05) is 54.6 Å². The quantitative estimate of drug-likeness (QED) is 0.328. The Balaban J connectivity index is 1.81. The third-order valence-corrected chi connectivity index (χ3v) is 7.47. The second-order valence-electron chi connectivity index (χ2n) is 11.9. The van der Waals surface area contributed by atoms with Gasteiger partial charge in [-0.15, -0.1) is 0 Å². The van der Waals surface area contributed by atoms with Crippen LogP contribution in [0.2, 0.25) is 0 Å². The second kappa shape index (κ2) is 12.5. The third kappa shape index (κ3) is 7.55. The molecule has 3 atom stereocenters. The zero-order valence-corrected chi connectivity index (χ0v) is 24.9. The first kappa shape index (κ1) is 31.6. The third-order valence-electron chi connectivity index (χ3n) is 7.47. The molecular weight excluding hydrogens is 557 g/mol. The van der Waals surface area contributed by atoms with E-state index in [1.165, 1.54) is 29.1 Å². The molecule has 0 radical (unpaired) electrons. The molecule has 0 aliphatic carbocycles. The van der Waals surface area contributed by atoms with E-state index < -0.39 is 47.2 Å². The Kier molecular flexibility index (Phi) is 9.18. The highest BCUT2D eigenvalue weighted by atomic mass is 19.4. The average molecular weight is 595 g/mol. The van der Waals surface area contributed by atoms with Gasteiger partial charge in [-0.05, 0) is 87.4 Å². The Morgan fingerprint density at radius 2 is 1.53 bits per heavy atom. The predicted octanol–water partition coefficient (Wildman–Crippen LogP) is 7.21. The lowest BCUT2D eigenvalue weighted by Crippen LogP contribution is -2.61. The number of halogens is 3. The topological polar surface area (TPSA) is 81.8 Å². The fraction of sp³-hybridized carbons (Fsp3) is 0.364. The standard InChI is InChI=1S/C33H37F3N4O3/c1-21-10-9-13-27(18-21)37-31(43)38-28-19-25(23-11-7-6-8-12-23)20-29(24-14-16-26(17-15-24)33(34,35)36)39(30(28)42)40(22(2)41)32(3,4)5/h6-18,25,28-29H,19-20H2,1-5H3,(H2,37,38,43). The Morgan fingerprint density at radius 1 is 0.884 bits per heavy atom. The average Bonchev–Trinajstić information content (AvgIpc) is 3.05. The molecule has 4 amide bonds. The number of hydrogen-bond acceptors (Lipinski definition) is 3. The van der Waals surface area contributed by atoms with E-state index in [9.17, 15) is 27.6 Å². The van der Waals surface area contributed by atoms with Gasteiger partial charge < -0.3 is 10.6 Å². The van der Waals surface area contributed by atoms with E-state index in [1.807, 2.05) is 43.3 Å². The number of hydrogen-bond donors (Lipinski definition) is 2. The predicted molar refractivity (Wildman–Crippen MR) is 159 cm³/mol. The molecule has 0 bridgehead atoms. The number of anilines is 1. The summed E-state index contributed by atoms with van der Waals surface area (Å²) in [6.45, 7) is 8.56. The van der Waals surface area contributed by atoms with Crippen LogP contribution in [0.25, 0.3) is 0 Å². The van der Waals surface area contributed by atoms with Crippen molar-refractivity contribution >= 4 is 23.5 Å². The van der Waals surface area contributed by atoms with E-state index in [0.29, 0.717) is 17.7 Å². The summed E-state index contributed by atoms with van der Waals surface area (Å²) < 4.78 is 40.3. The summed E-state index contributed by atoms with van der Waals surface area (Å²) in [5.41, 5.74) is 1.17. The minimum atomic E-state index is -4.53. The van der Waals surface area contributed by atoms with Crippen molar-refractivity contribution in [3.63, 3.8) is 0 Å². The molecule has 3 aromatic rings. The summed E-state index contributed by atoms with van der Waals surface area (Å²) in [6.07, 6.45) is -4.01. The molecule has 10 heteroatoms. The van der Waals surface area contributed by atoms with Crippen LogP contribution in [-0.2, 0) is 15.8 Å². The van der Waals surface area contributed by atoms with Gasteiger partial charge in [-0.2, -0.15) is 13.2 Å². The Labute approximate surface area is 250 Å². The van der Waals surface area contributed by atoms with Crippen LogP contribution < -0.4 is 10.6 Å². The Bertz CT molecular complexity index is 1450. The second-order valence-corrected chi connectivity index (χ2v) is 11.9. The van der Waals surface area contributed by atoms with Gasteiger partial charge in [-0.25, -0.2) is 14.8 Å². The molecule has 0 saturated carbocycles. The van der Waals surface area contributed by atoms with Crippen LogP contribution in [0.1, 0.15) is 74.8 Å². The summed E-state index contributed by atoms with van der Waals surface area (Å²) >= 11 is 0. The zero-order chi connectivity index (χ0) is 31.5. The minimum absolute atomic E-state index is 0.216. The van der Waals surface area contributed by atoms with Crippen LogP contribution in [0.3, 0.4) is 0 Å². The van der Waals surface area contributed by atoms with Gasteiger partial charge in [0, 0.05) is 12.6 Å². The molecule has 1 aliphatic rings. The van der Waals surface area contributed by atoms with Gasteiger partial charge >= 0.3 is 12.2 Å². The van der Waals surface area contributed by atoms with E-state index in [4.69, 9.17) is 0 Å². The van der Waals surface area contributed by atoms with Gasteiger partial charge in [0.2, 0.25) is 5.91 Å². The van der Waals surface area contributed by atoms with Crippen molar-refractivity contribution in [1.29, 1.82) is 0 Å². The summed E-state index contributed by atoms with van der Waals surface area (Å²) in [7, 11) is 0. The monoisotopic (exact) mass is 594 g/mol. The van der Waals surface area contributed by atoms with E-state index >= 15 is 0 Å². The van der Waals surface area contributed by atoms with E-state index in [1.54, 1.807) is 39.0 Å². The fourth-order valence-corrected chi connectivity index (χ4v) is 5.69. The lowest BCUT2D eigenvalue weighted by Gasteiger charge is -2.47. The van der Waals surface area contributed by atoms with Crippen molar-refractivity contribution in [3.05, 3.63) is 101 Å². The first-order chi connectivity index (χ1) is 20.1. The van der Waals surface area contributed by atoms with Gasteiger partial charge in [0.15, 0.2) is 0 Å².